The minimum Gasteiger partial charge on any atom is -0.423 e. The van der Waals surface area contributed by atoms with Gasteiger partial charge in [0, 0.05) is 11.6 Å². The summed E-state index contributed by atoms with van der Waals surface area (Å²) in [4.78, 5) is 11.9. The molecule has 0 radical (unpaired) electrons. The number of anilines is 1. The van der Waals surface area contributed by atoms with Crippen LogP contribution in [0.2, 0.25) is 0 Å². The van der Waals surface area contributed by atoms with Crippen LogP contribution >= 0.6 is 0 Å². The van der Waals surface area contributed by atoms with Crippen molar-refractivity contribution in [2.45, 2.75) is 52.1 Å². The molecule has 0 bridgehead atoms. The molecule has 0 aliphatic rings. The van der Waals surface area contributed by atoms with Gasteiger partial charge in [-0.3, -0.25) is 4.79 Å². The highest BCUT2D eigenvalue weighted by Crippen LogP contribution is 2.14. The lowest BCUT2D eigenvalue weighted by Crippen LogP contribution is -2.37. The molecule has 1 amide bonds. The summed E-state index contributed by atoms with van der Waals surface area (Å²) in [7, 11) is 0. The summed E-state index contributed by atoms with van der Waals surface area (Å²) in [6, 6.07) is 7.43. The smallest absolute Gasteiger partial charge is 0.235 e. The lowest BCUT2D eigenvalue weighted by Gasteiger charge is -2.14. The molecule has 7 nitrogen and oxygen atoms in total. The Morgan fingerprint density at radius 1 is 1.24 bits per heavy atom. The minimum atomic E-state index is -0.182. The maximum absolute atomic E-state index is 11.9. The lowest BCUT2D eigenvalue weighted by atomic mass is 10.1. The molecule has 25 heavy (non-hydrogen) atoms. The predicted octanol–water partition coefficient (Wildman–Crippen LogP) is 2.23. The second-order valence-corrected chi connectivity index (χ2v) is 6.27. The lowest BCUT2D eigenvalue weighted by molar-refractivity contribution is -0.121. The zero-order valence-corrected chi connectivity index (χ0v) is 15.0. The third kappa shape index (κ3) is 5.86. The predicted molar refractivity (Wildman–Crippen MR) is 95.2 cm³/mol. The number of aromatic nitrogens is 2. The molecule has 2 aromatic rings. The van der Waals surface area contributed by atoms with Crippen molar-refractivity contribution in [2.24, 2.45) is 0 Å². The third-order valence-corrected chi connectivity index (χ3v) is 3.82. The molecule has 3 N–H and O–H groups in total. The number of aliphatic hydroxyl groups is 1. The van der Waals surface area contributed by atoms with Crippen molar-refractivity contribution >= 4 is 11.6 Å². The van der Waals surface area contributed by atoms with Crippen molar-refractivity contribution in [1.29, 1.82) is 0 Å². The van der Waals surface area contributed by atoms with Gasteiger partial charge >= 0.3 is 0 Å². The number of carbonyl (C=O) groups excluding carboxylic acids is 1. The highest BCUT2D eigenvalue weighted by atomic mass is 16.4. The van der Waals surface area contributed by atoms with Crippen molar-refractivity contribution in [3.8, 4) is 0 Å². The molecule has 0 aliphatic carbocycles. The van der Waals surface area contributed by atoms with Crippen LogP contribution in [0.3, 0.4) is 0 Å². The molecule has 0 aliphatic heterocycles. The largest absolute Gasteiger partial charge is 0.423 e. The van der Waals surface area contributed by atoms with Gasteiger partial charge in [0.05, 0.1) is 25.6 Å². The molecule has 0 fully saturated rings. The van der Waals surface area contributed by atoms with E-state index in [9.17, 15) is 4.79 Å². The van der Waals surface area contributed by atoms with Crippen LogP contribution in [0.25, 0.3) is 0 Å². The fourth-order valence-electron chi connectivity index (χ4n) is 2.23. The number of carbonyl (C=O) groups is 1. The maximum Gasteiger partial charge on any atom is 0.235 e. The van der Waals surface area contributed by atoms with Crippen LogP contribution < -0.4 is 10.6 Å². The van der Waals surface area contributed by atoms with Gasteiger partial charge in [-0.05, 0) is 24.1 Å². The van der Waals surface area contributed by atoms with Gasteiger partial charge in [-0.1, -0.05) is 32.9 Å². The van der Waals surface area contributed by atoms with Crippen molar-refractivity contribution < 1.29 is 14.3 Å². The van der Waals surface area contributed by atoms with Gasteiger partial charge in [0.15, 0.2) is 0 Å². The van der Waals surface area contributed by atoms with Crippen LogP contribution in [0.5, 0.6) is 0 Å². The Balaban J connectivity index is 1.83. The molecule has 1 atom stereocenters. The summed E-state index contributed by atoms with van der Waals surface area (Å²) >= 11 is 0. The van der Waals surface area contributed by atoms with E-state index in [1.807, 2.05) is 45.0 Å². The Morgan fingerprint density at radius 2 is 1.96 bits per heavy atom. The van der Waals surface area contributed by atoms with E-state index in [1.165, 1.54) is 0 Å². The zero-order chi connectivity index (χ0) is 18.2. The highest BCUT2D eigenvalue weighted by molar-refractivity contribution is 5.79. The Hall–Kier alpha value is -2.41. The molecule has 0 saturated carbocycles. The number of hydrogen-bond donors (Lipinski definition) is 3. The average Bonchev–Trinajstić information content (AvgIpc) is 3.08. The second-order valence-electron chi connectivity index (χ2n) is 6.27. The summed E-state index contributed by atoms with van der Waals surface area (Å²) in [5, 5.41) is 23.1. The van der Waals surface area contributed by atoms with Crippen molar-refractivity contribution in [2.75, 3.05) is 11.9 Å². The average molecular weight is 346 g/mol. The number of aliphatic hydroxyl groups excluding tert-OH is 1. The van der Waals surface area contributed by atoms with Gasteiger partial charge < -0.3 is 20.2 Å². The van der Waals surface area contributed by atoms with E-state index < -0.39 is 0 Å². The fraction of sp³-hybridized carbons (Fsp3) is 0.500. The highest BCUT2D eigenvalue weighted by Gasteiger charge is 2.11. The van der Waals surface area contributed by atoms with Gasteiger partial charge in [0.1, 0.15) is 0 Å². The summed E-state index contributed by atoms with van der Waals surface area (Å²) in [5.41, 5.74) is 1.82. The summed E-state index contributed by atoms with van der Waals surface area (Å²) in [6.45, 7) is 6.34. The first-order chi connectivity index (χ1) is 12.0. The number of benzene rings is 1. The topological polar surface area (TPSA) is 100 Å². The minimum absolute atomic E-state index is 0.0424. The first kappa shape index (κ1) is 18.9. The van der Waals surface area contributed by atoms with Crippen LogP contribution in [0.1, 0.15) is 50.5 Å². The molecule has 1 heterocycles. The Bertz CT molecular complexity index is 663. The number of nitrogens with one attached hydrogen (secondary N) is 2. The monoisotopic (exact) mass is 346 g/mol. The number of amides is 1. The Morgan fingerprint density at radius 3 is 2.52 bits per heavy atom. The van der Waals surface area contributed by atoms with E-state index in [1.54, 1.807) is 0 Å². The molecular formula is C18H26N4O3. The van der Waals surface area contributed by atoms with Crippen LogP contribution in [-0.2, 0) is 17.8 Å². The van der Waals surface area contributed by atoms with Gasteiger partial charge in [0.2, 0.25) is 17.7 Å². The standard InChI is InChI=1S/C18H26N4O3/c1-4-14(11-23)20-16(24)9-13-5-7-15(8-6-13)19-10-17-21-22-18(25-17)12(2)3/h5-8,12,14,19,23H,4,9-11H2,1-3H3,(H,20,24). The Labute approximate surface area is 147 Å². The second kappa shape index (κ2) is 9.17. The zero-order valence-electron chi connectivity index (χ0n) is 15.0. The summed E-state index contributed by atoms with van der Waals surface area (Å²) < 4.78 is 5.54. The quantitative estimate of drug-likeness (QED) is 0.644. The molecule has 136 valence electrons. The summed E-state index contributed by atoms with van der Waals surface area (Å²) in [6.07, 6.45) is 0.998. The van der Waals surface area contributed by atoms with Crippen LogP contribution in [-0.4, -0.2) is 33.9 Å². The third-order valence-electron chi connectivity index (χ3n) is 3.82. The van der Waals surface area contributed by atoms with E-state index in [-0.39, 0.29) is 30.9 Å². The molecule has 1 aromatic heterocycles. The fourth-order valence-corrected chi connectivity index (χ4v) is 2.23. The van der Waals surface area contributed by atoms with Crippen molar-refractivity contribution in [1.82, 2.24) is 15.5 Å². The summed E-state index contributed by atoms with van der Waals surface area (Å²) in [5.74, 6) is 1.30. The maximum atomic E-state index is 11.9. The number of hydrogen-bond acceptors (Lipinski definition) is 6. The van der Waals surface area contributed by atoms with Crippen molar-refractivity contribution in [3.63, 3.8) is 0 Å². The Kier molecular flexibility index (Phi) is 6.94. The first-order valence-electron chi connectivity index (χ1n) is 8.57. The van der Waals surface area contributed by atoms with Crippen molar-refractivity contribution in [3.05, 3.63) is 41.6 Å². The van der Waals surface area contributed by atoms with Crippen LogP contribution in [0, 0.1) is 0 Å². The number of rotatable bonds is 9. The van der Waals surface area contributed by atoms with Gasteiger partial charge in [-0.15, -0.1) is 10.2 Å². The van der Waals surface area contributed by atoms with Gasteiger partial charge in [-0.2, -0.15) is 0 Å². The molecule has 2 rings (SSSR count). The van der Waals surface area contributed by atoms with E-state index >= 15 is 0 Å². The van der Waals surface area contributed by atoms with Crippen LogP contribution in [0.4, 0.5) is 5.69 Å². The van der Waals surface area contributed by atoms with E-state index in [0.717, 1.165) is 11.3 Å². The first-order valence-corrected chi connectivity index (χ1v) is 8.57. The van der Waals surface area contributed by atoms with E-state index in [2.05, 4.69) is 20.8 Å². The van der Waals surface area contributed by atoms with E-state index in [0.29, 0.717) is 24.7 Å². The molecular weight excluding hydrogens is 320 g/mol. The van der Waals surface area contributed by atoms with Crippen LogP contribution in [0.15, 0.2) is 28.7 Å². The molecule has 7 heteroatoms. The molecule has 1 unspecified atom stereocenters. The molecule has 1 aromatic carbocycles. The molecule has 0 saturated heterocycles. The molecule has 0 spiro atoms. The van der Waals surface area contributed by atoms with E-state index in [4.69, 9.17) is 9.52 Å². The number of nitrogens with zero attached hydrogens (tertiary/aromatic N) is 2. The SMILES string of the molecule is CCC(CO)NC(=O)Cc1ccc(NCc2nnc(C(C)C)o2)cc1. The van der Waals surface area contributed by atoms with Gasteiger partial charge in [-0.25, -0.2) is 0 Å². The van der Waals surface area contributed by atoms with Gasteiger partial charge in [0.25, 0.3) is 0 Å². The normalized spacial score (nSPS) is 12.2.